The second-order valence-electron chi connectivity index (χ2n) is 14.3. The smallest absolute Gasteiger partial charge is 0.317 e. The first kappa shape index (κ1) is 41.2. The van der Waals surface area contributed by atoms with Crippen molar-refractivity contribution in [3.05, 3.63) is 163 Å². The molecular formula is C48H42F2N8O4. The van der Waals surface area contributed by atoms with Crippen molar-refractivity contribution in [2.24, 2.45) is 5.84 Å². The van der Waals surface area contributed by atoms with Crippen LogP contribution in [0, 0.1) is 11.6 Å². The van der Waals surface area contributed by atoms with E-state index in [-0.39, 0.29) is 30.8 Å². The number of aromatic nitrogens is 4. The molecule has 1 fully saturated rings. The van der Waals surface area contributed by atoms with Crippen molar-refractivity contribution >= 4 is 33.8 Å². The van der Waals surface area contributed by atoms with Crippen LogP contribution in [0.3, 0.4) is 0 Å². The van der Waals surface area contributed by atoms with Crippen molar-refractivity contribution in [3.63, 3.8) is 0 Å². The van der Waals surface area contributed by atoms with E-state index in [0.717, 1.165) is 63.1 Å². The Hall–Kier alpha value is -7.55. The van der Waals surface area contributed by atoms with Gasteiger partial charge >= 0.3 is 6.03 Å². The van der Waals surface area contributed by atoms with Crippen LogP contribution in [0.2, 0.25) is 0 Å². The van der Waals surface area contributed by atoms with Gasteiger partial charge in [-0.1, -0.05) is 36.4 Å². The number of nitrogens with zero attached hydrogens (tertiary/aromatic N) is 6. The van der Waals surface area contributed by atoms with Crippen LogP contribution in [0.1, 0.15) is 12.2 Å². The van der Waals surface area contributed by atoms with E-state index in [4.69, 9.17) is 30.4 Å². The molecule has 0 atom stereocenters. The van der Waals surface area contributed by atoms with Crippen LogP contribution in [0.25, 0.3) is 44.3 Å². The molecule has 0 spiro atoms. The number of benzene rings is 6. The molecule has 0 saturated carbocycles. The molecule has 62 heavy (non-hydrogen) atoms. The number of fused-ring (bicyclic) bond motifs is 2. The first-order valence-electron chi connectivity index (χ1n) is 20.1. The fourth-order valence-electron chi connectivity index (χ4n) is 6.87. The number of hydrogen-bond donors (Lipinski definition) is 3. The number of anilines is 1. The van der Waals surface area contributed by atoms with Gasteiger partial charge in [0.05, 0.1) is 35.6 Å². The van der Waals surface area contributed by atoms with Gasteiger partial charge in [-0.2, -0.15) is 0 Å². The lowest BCUT2D eigenvalue weighted by atomic mass is 10.1. The van der Waals surface area contributed by atoms with Gasteiger partial charge in [0.2, 0.25) is 5.95 Å². The van der Waals surface area contributed by atoms with Gasteiger partial charge in [0.1, 0.15) is 40.5 Å². The maximum Gasteiger partial charge on any atom is 0.317 e. The molecule has 14 heteroatoms. The number of aliphatic hydroxyl groups is 1. The van der Waals surface area contributed by atoms with E-state index >= 15 is 0 Å². The summed E-state index contributed by atoms with van der Waals surface area (Å²) in [6.07, 6.45) is 1.49. The number of carbonyl (C=O) groups excluding carboxylic acids is 1. The second-order valence-corrected chi connectivity index (χ2v) is 14.3. The molecule has 1 aliphatic rings. The van der Waals surface area contributed by atoms with Crippen molar-refractivity contribution in [1.29, 1.82) is 0 Å². The van der Waals surface area contributed by atoms with Gasteiger partial charge in [0.15, 0.2) is 0 Å². The number of nitrogens with one attached hydrogen (secondary N) is 1. The van der Waals surface area contributed by atoms with Crippen LogP contribution >= 0.6 is 0 Å². The number of carbonyl (C=O) groups is 1. The molecule has 0 aliphatic carbocycles. The molecule has 0 unspecified atom stereocenters. The Balaban J connectivity index is 0.000000172. The highest BCUT2D eigenvalue weighted by atomic mass is 19.1. The zero-order chi connectivity index (χ0) is 42.8. The van der Waals surface area contributed by atoms with Crippen molar-refractivity contribution in [1.82, 2.24) is 30.2 Å². The van der Waals surface area contributed by atoms with Gasteiger partial charge in [-0.25, -0.2) is 39.4 Å². The summed E-state index contributed by atoms with van der Waals surface area (Å²) in [5, 5.41) is 15.2. The molecule has 1 aliphatic heterocycles. The lowest BCUT2D eigenvalue weighted by Crippen LogP contribution is -2.35. The quantitative estimate of drug-likeness (QED) is 0.0758. The number of urea groups is 1. The van der Waals surface area contributed by atoms with Crippen LogP contribution in [-0.2, 0) is 6.42 Å². The SMILES string of the molecule is NN(CCO)c1nc(-c2ccc(Oc3ccc(F)cc3)cc2)c2ccccc2n1.O=C1NCCN1CCCc1nc(-c2ccc(Oc3ccc(F)cc3)cc2)c2ccccc2n1. The maximum atomic E-state index is 13.1. The third-order valence-electron chi connectivity index (χ3n) is 9.97. The molecule has 4 N–H and O–H groups in total. The van der Waals surface area contributed by atoms with Gasteiger partial charge in [-0.15, -0.1) is 0 Å². The highest BCUT2D eigenvalue weighted by molar-refractivity contribution is 5.94. The molecule has 2 amide bonds. The minimum absolute atomic E-state index is 0.00179. The number of para-hydroxylation sites is 2. The molecule has 312 valence electrons. The van der Waals surface area contributed by atoms with Crippen molar-refractivity contribution < 1.29 is 28.2 Å². The zero-order valence-corrected chi connectivity index (χ0v) is 33.5. The van der Waals surface area contributed by atoms with Crippen LogP contribution in [0.15, 0.2) is 146 Å². The van der Waals surface area contributed by atoms with E-state index in [1.807, 2.05) is 102 Å². The summed E-state index contributed by atoms with van der Waals surface area (Å²) in [6.45, 7) is 2.26. The summed E-state index contributed by atoms with van der Waals surface area (Å²) < 4.78 is 37.7. The number of hydrazine groups is 1. The summed E-state index contributed by atoms with van der Waals surface area (Å²) in [4.78, 5) is 32.3. The monoisotopic (exact) mass is 832 g/mol. The fourth-order valence-corrected chi connectivity index (χ4v) is 6.87. The number of rotatable bonds is 13. The molecule has 12 nitrogen and oxygen atoms in total. The van der Waals surface area contributed by atoms with Crippen LogP contribution in [0.4, 0.5) is 19.5 Å². The number of hydrogen-bond acceptors (Lipinski definition) is 10. The molecule has 0 bridgehead atoms. The predicted molar refractivity (Wildman–Crippen MR) is 235 cm³/mol. The first-order valence-corrected chi connectivity index (χ1v) is 20.1. The Morgan fingerprint density at radius 3 is 1.63 bits per heavy atom. The van der Waals surface area contributed by atoms with E-state index in [0.29, 0.717) is 48.5 Å². The summed E-state index contributed by atoms with van der Waals surface area (Å²) in [6, 6.07) is 42.5. The third kappa shape index (κ3) is 10.1. The van der Waals surface area contributed by atoms with E-state index in [1.165, 1.54) is 29.3 Å². The molecular weight excluding hydrogens is 791 g/mol. The molecule has 6 aromatic carbocycles. The Bertz CT molecular complexity index is 2780. The summed E-state index contributed by atoms with van der Waals surface area (Å²) >= 11 is 0. The standard InChI is InChI=1S/C26H23FN4O2.C22H19FN4O2/c27-19-9-13-21(14-10-19)33-20-11-7-18(8-12-20)25-22-4-1-2-5-23(22)29-24(30-25)6-3-16-31-17-15-28-26(31)32;23-16-7-11-18(12-8-16)29-17-9-5-15(6-10-17)21-19-3-1-2-4-20(19)25-22(26-21)27(24)13-14-28/h1-2,4-5,7-14H,3,6,15-17H2,(H,28,32);1-12,28H,13-14,24H2. The summed E-state index contributed by atoms with van der Waals surface area (Å²) in [5.41, 5.74) is 5.07. The second kappa shape index (κ2) is 19.2. The molecule has 3 heterocycles. The highest BCUT2D eigenvalue weighted by Crippen LogP contribution is 2.32. The Kier molecular flexibility index (Phi) is 12.8. The molecule has 9 rings (SSSR count). The summed E-state index contributed by atoms with van der Waals surface area (Å²) in [7, 11) is 0. The van der Waals surface area contributed by atoms with Gasteiger partial charge in [-0.3, -0.25) is 5.01 Å². The molecule has 1 saturated heterocycles. The van der Waals surface area contributed by atoms with Crippen LogP contribution in [-0.4, -0.2) is 68.8 Å². The van der Waals surface area contributed by atoms with Crippen LogP contribution < -0.4 is 25.6 Å². The normalized spacial score (nSPS) is 12.2. The van der Waals surface area contributed by atoms with E-state index in [9.17, 15) is 13.6 Å². The fraction of sp³-hybridized carbons (Fsp3) is 0.146. The van der Waals surface area contributed by atoms with Crippen molar-refractivity contribution in [2.75, 3.05) is 37.8 Å². The number of ether oxygens (including phenoxy) is 2. The minimum atomic E-state index is -0.311. The van der Waals surface area contributed by atoms with E-state index < -0.39 is 0 Å². The van der Waals surface area contributed by atoms with Gasteiger partial charge in [0.25, 0.3) is 0 Å². The number of aliphatic hydroxyl groups excluding tert-OH is 1. The average molecular weight is 833 g/mol. The topological polar surface area (TPSA) is 152 Å². The first-order chi connectivity index (χ1) is 30.3. The molecule has 2 aromatic heterocycles. The lowest BCUT2D eigenvalue weighted by Gasteiger charge is -2.17. The predicted octanol–water partition coefficient (Wildman–Crippen LogP) is 9.09. The van der Waals surface area contributed by atoms with E-state index in [1.54, 1.807) is 24.3 Å². The zero-order valence-electron chi connectivity index (χ0n) is 33.5. The third-order valence-corrected chi connectivity index (χ3v) is 9.97. The Morgan fingerprint density at radius 2 is 1.13 bits per heavy atom. The van der Waals surface area contributed by atoms with Crippen LogP contribution in [0.5, 0.6) is 23.0 Å². The van der Waals surface area contributed by atoms with Gasteiger partial charge < -0.3 is 24.8 Å². The largest absolute Gasteiger partial charge is 0.457 e. The van der Waals surface area contributed by atoms with Gasteiger partial charge in [0, 0.05) is 48.0 Å². The molecule has 0 radical (unpaired) electrons. The summed E-state index contributed by atoms with van der Waals surface area (Å²) in [5.74, 6) is 8.86. The van der Waals surface area contributed by atoms with Gasteiger partial charge in [-0.05, 0) is 116 Å². The average Bonchev–Trinajstić information content (AvgIpc) is 3.72. The van der Waals surface area contributed by atoms with E-state index in [2.05, 4.69) is 15.3 Å². The minimum Gasteiger partial charge on any atom is -0.457 e. The Morgan fingerprint density at radius 1 is 0.645 bits per heavy atom. The number of aryl methyl sites for hydroxylation is 1. The number of halogens is 2. The maximum absolute atomic E-state index is 13.1. The lowest BCUT2D eigenvalue weighted by molar-refractivity contribution is 0.217. The Labute approximate surface area is 356 Å². The molecule has 8 aromatic rings. The van der Waals surface area contributed by atoms with Crippen molar-refractivity contribution in [2.45, 2.75) is 12.8 Å². The number of amides is 2. The highest BCUT2D eigenvalue weighted by Gasteiger charge is 2.19. The van der Waals surface area contributed by atoms with Crippen molar-refractivity contribution in [3.8, 4) is 45.5 Å². The number of nitrogens with two attached hydrogens (primary N) is 1.